The van der Waals surface area contributed by atoms with E-state index in [-0.39, 0.29) is 6.10 Å². The lowest BCUT2D eigenvalue weighted by atomic mass is 10.1. The molecule has 28 heavy (non-hydrogen) atoms. The molecule has 1 saturated heterocycles. The van der Waals surface area contributed by atoms with Gasteiger partial charge in [0.05, 0.1) is 12.6 Å². The van der Waals surface area contributed by atoms with Crippen LogP contribution in [0.15, 0.2) is 53.5 Å². The molecule has 0 saturated carbocycles. The molecule has 1 aliphatic rings. The summed E-state index contributed by atoms with van der Waals surface area (Å²) >= 11 is 0. The van der Waals surface area contributed by atoms with Crippen LogP contribution in [0.2, 0.25) is 0 Å². The van der Waals surface area contributed by atoms with Crippen molar-refractivity contribution in [2.45, 2.75) is 52.3 Å². The highest BCUT2D eigenvalue weighted by molar-refractivity contribution is 5.92. The van der Waals surface area contributed by atoms with Crippen molar-refractivity contribution in [3.8, 4) is 5.75 Å². The lowest BCUT2D eigenvalue weighted by Crippen LogP contribution is -2.29. The van der Waals surface area contributed by atoms with E-state index in [1.165, 1.54) is 37.9 Å². The Kier molecular flexibility index (Phi) is 7.31. The van der Waals surface area contributed by atoms with Gasteiger partial charge in [0.25, 0.3) is 0 Å². The van der Waals surface area contributed by atoms with Crippen LogP contribution in [-0.2, 0) is 13.1 Å². The number of aliphatic imine (C=N–C) groups is 1. The number of guanidine groups is 1. The number of nitrogens with one attached hydrogen (secondary N) is 1. The lowest BCUT2D eigenvalue weighted by Gasteiger charge is -2.26. The van der Waals surface area contributed by atoms with Gasteiger partial charge in [-0.25, -0.2) is 4.99 Å². The standard InChI is InChI=1S/C23H32N4O/c1-18(2)28-22-12-10-21(11-13-22)26-23(24)25-16-19-6-8-20(9-7-19)17-27-14-4-3-5-15-27/h6-13,18H,3-5,14-17H2,1-2H3,(H3,24,25,26). The first kappa shape index (κ1) is 20.2. The number of benzene rings is 2. The zero-order valence-electron chi connectivity index (χ0n) is 17.0. The van der Waals surface area contributed by atoms with Gasteiger partial charge in [-0.3, -0.25) is 4.90 Å². The van der Waals surface area contributed by atoms with Gasteiger partial charge >= 0.3 is 0 Å². The molecule has 0 aromatic heterocycles. The Balaban J connectivity index is 1.48. The van der Waals surface area contributed by atoms with Crippen molar-refractivity contribution < 1.29 is 4.74 Å². The summed E-state index contributed by atoms with van der Waals surface area (Å²) in [5.41, 5.74) is 9.45. The lowest BCUT2D eigenvalue weighted by molar-refractivity contribution is 0.221. The van der Waals surface area contributed by atoms with Crippen molar-refractivity contribution >= 4 is 11.6 Å². The molecule has 1 fully saturated rings. The van der Waals surface area contributed by atoms with Crippen molar-refractivity contribution in [3.63, 3.8) is 0 Å². The zero-order valence-corrected chi connectivity index (χ0v) is 17.0. The molecule has 1 aliphatic heterocycles. The molecule has 5 nitrogen and oxygen atoms in total. The minimum atomic E-state index is 0.164. The normalized spacial score (nSPS) is 15.6. The van der Waals surface area contributed by atoms with Crippen molar-refractivity contribution in [2.24, 2.45) is 10.7 Å². The SMILES string of the molecule is CC(C)Oc1ccc(NC(N)=NCc2ccc(CN3CCCCC3)cc2)cc1. The molecule has 2 aromatic carbocycles. The molecule has 150 valence electrons. The maximum Gasteiger partial charge on any atom is 0.193 e. The van der Waals surface area contributed by atoms with Crippen LogP contribution in [0, 0.1) is 0 Å². The molecule has 0 bridgehead atoms. The highest BCUT2D eigenvalue weighted by Crippen LogP contribution is 2.17. The topological polar surface area (TPSA) is 62.9 Å². The number of hydrogen-bond donors (Lipinski definition) is 2. The molecule has 0 spiro atoms. The number of nitrogens with zero attached hydrogens (tertiary/aromatic N) is 2. The Labute approximate surface area is 168 Å². The molecular weight excluding hydrogens is 348 g/mol. The summed E-state index contributed by atoms with van der Waals surface area (Å²) in [6.07, 6.45) is 4.19. The van der Waals surface area contributed by atoms with E-state index >= 15 is 0 Å². The van der Waals surface area contributed by atoms with E-state index in [1.807, 2.05) is 38.1 Å². The van der Waals surface area contributed by atoms with Gasteiger partial charge in [0.2, 0.25) is 0 Å². The first-order valence-electron chi connectivity index (χ1n) is 10.2. The summed E-state index contributed by atoms with van der Waals surface area (Å²) in [6.45, 7) is 8.08. The number of nitrogens with two attached hydrogens (primary N) is 1. The van der Waals surface area contributed by atoms with Crippen LogP contribution >= 0.6 is 0 Å². The fourth-order valence-electron chi connectivity index (χ4n) is 3.38. The fourth-order valence-corrected chi connectivity index (χ4v) is 3.38. The van der Waals surface area contributed by atoms with Crippen LogP contribution in [-0.4, -0.2) is 30.1 Å². The van der Waals surface area contributed by atoms with Crippen molar-refractivity contribution in [2.75, 3.05) is 18.4 Å². The summed E-state index contributed by atoms with van der Waals surface area (Å²) in [4.78, 5) is 6.99. The van der Waals surface area contributed by atoms with Gasteiger partial charge in [-0.1, -0.05) is 30.7 Å². The highest BCUT2D eigenvalue weighted by atomic mass is 16.5. The predicted octanol–water partition coefficient (Wildman–Crippen LogP) is 4.39. The summed E-state index contributed by atoms with van der Waals surface area (Å²) in [5.74, 6) is 1.26. The van der Waals surface area contributed by atoms with Crippen molar-refractivity contribution in [1.29, 1.82) is 0 Å². The third-order valence-corrected chi connectivity index (χ3v) is 4.81. The second kappa shape index (κ2) is 10.1. The van der Waals surface area contributed by atoms with Gasteiger partial charge in [0.15, 0.2) is 5.96 Å². The largest absolute Gasteiger partial charge is 0.491 e. The Morgan fingerprint density at radius 3 is 2.29 bits per heavy atom. The molecule has 0 atom stereocenters. The smallest absolute Gasteiger partial charge is 0.193 e. The summed E-state index contributed by atoms with van der Waals surface area (Å²) in [6, 6.07) is 16.4. The Morgan fingerprint density at radius 1 is 1.00 bits per heavy atom. The van der Waals surface area contributed by atoms with Gasteiger partial charge in [-0.05, 0) is 75.2 Å². The van der Waals surface area contributed by atoms with Gasteiger partial charge in [-0.2, -0.15) is 0 Å². The van der Waals surface area contributed by atoms with E-state index in [0.29, 0.717) is 12.5 Å². The van der Waals surface area contributed by atoms with Gasteiger partial charge in [0.1, 0.15) is 5.75 Å². The molecule has 2 aromatic rings. The molecule has 0 amide bonds. The third-order valence-electron chi connectivity index (χ3n) is 4.81. The molecule has 0 aliphatic carbocycles. The monoisotopic (exact) mass is 380 g/mol. The summed E-state index contributed by atoms with van der Waals surface area (Å²) in [7, 11) is 0. The number of anilines is 1. The Bertz CT molecular complexity index is 747. The number of rotatable bonds is 7. The summed E-state index contributed by atoms with van der Waals surface area (Å²) in [5, 5.41) is 3.12. The predicted molar refractivity (Wildman–Crippen MR) is 117 cm³/mol. The Morgan fingerprint density at radius 2 is 1.64 bits per heavy atom. The van der Waals surface area contributed by atoms with Gasteiger partial charge < -0.3 is 15.8 Å². The molecule has 3 N–H and O–H groups in total. The number of likely N-dealkylation sites (tertiary alicyclic amines) is 1. The molecule has 0 unspecified atom stereocenters. The average molecular weight is 381 g/mol. The quantitative estimate of drug-likeness (QED) is 0.552. The summed E-state index contributed by atoms with van der Waals surface area (Å²) < 4.78 is 5.64. The fraction of sp³-hybridized carbons (Fsp3) is 0.435. The van der Waals surface area contributed by atoms with Crippen LogP contribution < -0.4 is 15.8 Å². The van der Waals surface area contributed by atoms with Crippen LogP contribution in [0.4, 0.5) is 5.69 Å². The molecule has 3 rings (SSSR count). The van der Waals surface area contributed by atoms with Crippen LogP contribution in [0.1, 0.15) is 44.2 Å². The van der Waals surface area contributed by atoms with Crippen LogP contribution in [0.3, 0.4) is 0 Å². The number of ether oxygens (including phenoxy) is 1. The minimum absolute atomic E-state index is 0.164. The second-order valence-corrected chi connectivity index (χ2v) is 7.67. The maximum atomic E-state index is 6.03. The van der Waals surface area contributed by atoms with E-state index in [9.17, 15) is 0 Å². The Hall–Kier alpha value is -2.53. The van der Waals surface area contributed by atoms with E-state index in [0.717, 1.165) is 23.5 Å². The van der Waals surface area contributed by atoms with Gasteiger partial charge in [0, 0.05) is 12.2 Å². The molecule has 1 heterocycles. The third kappa shape index (κ3) is 6.57. The second-order valence-electron chi connectivity index (χ2n) is 7.67. The van der Waals surface area contributed by atoms with Crippen LogP contribution in [0.25, 0.3) is 0 Å². The average Bonchev–Trinajstić information content (AvgIpc) is 2.69. The van der Waals surface area contributed by atoms with E-state index < -0.39 is 0 Å². The molecule has 0 radical (unpaired) electrons. The minimum Gasteiger partial charge on any atom is -0.491 e. The number of hydrogen-bond acceptors (Lipinski definition) is 3. The van der Waals surface area contributed by atoms with E-state index in [4.69, 9.17) is 10.5 Å². The van der Waals surface area contributed by atoms with E-state index in [2.05, 4.69) is 39.5 Å². The van der Waals surface area contributed by atoms with E-state index in [1.54, 1.807) is 0 Å². The first-order valence-corrected chi connectivity index (χ1v) is 10.2. The van der Waals surface area contributed by atoms with Crippen molar-refractivity contribution in [1.82, 2.24) is 4.90 Å². The van der Waals surface area contributed by atoms with Crippen LogP contribution in [0.5, 0.6) is 5.75 Å². The molecule has 5 heteroatoms. The number of piperidine rings is 1. The van der Waals surface area contributed by atoms with Crippen molar-refractivity contribution in [3.05, 3.63) is 59.7 Å². The maximum absolute atomic E-state index is 6.03. The highest BCUT2D eigenvalue weighted by Gasteiger charge is 2.10. The van der Waals surface area contributed by atoms with Gasteiger partial charge in [-0.15, -0.1) is 0 Å². The first-order chi connectivity index (χ1) is 13.6. The molecular formula is C23H32N4O. The zero-order chi connectivity index (χ0) is 19.8.